The average Bonchev–Trinajstić information content (AvgIpc) is 2.47. The molecule has 1 fully saturated rings. The molecule has 23 heavy (non-hydrogen) atoms. The van der Waals surface area contributed by atoms with Gasteiger partial charge in [-0.1, -0.05) is 13.0 Å². The zero-order chi connectivity index (χ0) is 16.8. The van der Waals surface area contributed by atoms with Crippen LogP contribution in [0.25, 0.3) is 0 Å². The van der Waals surface area contributed by atoms with Crippen LogP contribution in [0, 0.1) is 17.3 Å². The predicted molar refractivity (Wildman–Crippen MR) is 87.4 cm³/mol. The van der Waals surface area contributed by atoms with E-state index in [0.717, 1.165) is 43.4 Å². The molecule has 0 amide bonds. The van der Waals surface area contributed by atoms with Gasteiger partial charge in [-0.2, -0.15) is 0 Å². The Morgan fingerprint density at radius 1 is 1.30 bits per heavy atom. The van der Waals surface area contributed by atoms with Crippen LogP contribution in [0.4, 0.5) is 0 Å². The van der Waals surface area contributed by atoms with Crippen molar-refractivity contribution in [1.82, 2.24) is 0 Å². The Bertz CT molecular complexity index is 548. The monoisotopic (exact) mass is 320 g/mol. The summed E-state index contributed by atoms with van der Waals surface area (Å²) in [6.45, 7) is 9.73. The van der Waals surface area contributed by atoms with Gasteiger partial charge in [-0.25, -0.2) is 4.79 Å². The molecule has 1 saturated carbocycles. The number of esters is 1. The summed E-state index contributed by atoms with van der Waals surface area (Å²) in [4.78, 5) is 12.6. The second-order valence-corrected chi connectivity index (χ2v) is 7.84. The molecule has 0 aromatic heterocycles. The largest absolute Gasteiger partial charge is 0.456 e. The summed E-state index contributed by atoms with van der Waals surface area (Å²) in [5.74, 6) is 0.372. The second-order valence-electron chi connectivity index (χ2n) is 7.84. The highest BCUT2D eigenvalue weighted by Gasteiger charge is 2.54. The molecule has 1 heterocycles. The molecule has 0 aromatic rings. The van der Waals surface area contributed by atoms with E-state index < -0.39 is 5.79 Å². The number of allylic oxidation sites excluding steroid dienone is 2. The van der Waals surface area contributed by atoms with Gasteiger partial charge >= 0.3 is 5.97 Å². The van der Waals surface area contributed by atoms with Gasteiger partial charge < -0.3 is 14.2 Å². The first-order valence-electron chi connectivity index (χ1n) is 8.61. The average molecular weight is 320 g/mol. The van der Waals surface area contributed by atoms with Crippen molar-refractivity contribution in [2.45, 2.75) is 64.8 Å². The first-order chi connectivity index (χ1) is 10.8. The van der Waals surface area contributed by atoms with Gasteiger partial charge in [0.05, 0.1) is 11.7 Å². The number of cyclic esters (lactones) is 1. The lowest BCUT2D eigenvalue weighted by molar-refractivity contribution is -0.223. The third-order valence-corrected chi connectivity index (χ3v) is 5.87. The lowest BCUT2D eigenvalue weighted by Gasteiger charge is -2.53. The number of carbonyl (C=O) groups excluding carboxylic acids is 1. The first-order valence-corrected chi connectivity index (χ1v) is 8.61. The lowest BCUT2D eigenvalue weighted by Crippen LogP contribution is -2.50. The van der Waals surface area contributed by atoms with E-state index in [1.165, 1.54) is 0 Å². The summed E-state index contributed by atoms with van der Waals surface area (Å²) < 4.78 is 17.3. The van der Waals surface area contributed by atoms with Crippen LogP contribution in [0.2, 0.25) is 0 Å². The summed E-state index contributed by atoms with van der Waals surface area (Å²) in [6.07, 6.45) is 6.97. The number of hydrogen-bond donors (Lipinski definition) is 0. The number of ether oxygens (including phenoxy) is 3. The fourth-order valence-electron chi connectivity index (χ4n) is 4.57. The third kappa shape index (κ3) is 2.71. The molecular formula is C19H28O4. The van der Waals surface area contributed by atoms with Gasteiger partial charge in [-0.05, 0) is 43.9 Å². The molecule has 4 nitrogen and oxygen atoms in total. The molecule has 0 unspecified atom stereocenters. The van der Waals surface area contributed by atoms with E-state index in [9.17, 15) is 4.79 Å². The Morgan fingerprint density at radius 2 is 2.04 bits per heavy atom. The van der Waals surface area contributed by atoms with E-state index in [2.05, 4.69) is 13.5 Å². The van der Waals surface area contributed by atoms with Gasteiger partial charge in [0.25, 0.3) is 0 Å². The molecule has 0 N–H and O–H groups in total. The Labute approximate surface area is 138 Å². The van der Waals surface area contributed by atoms with E-state index in [1.807, 2.05) is 19.9 Å². The number of fused-ring (bicyclic) bond motifs is 2. The normalized spacial score (nSPS) is 39.0. The van der Waals surface area contributed by atoms with Crippen LogP contribution in [-0.4, -0.2) is 25.0 Å². The van der Waals surface area contributed by atoms with Gasteiger partial charge in [0.1, 0.15) is 5.76 Å². The summed E-state index contributed by atoms with van der Waals surface area (Å²) >= 11 is 0. The number of rotatable bonds is 3. The molecule has 0 radical (unpaired) electrons. The summed E-state index contributed by atoms with van der Waals surface area (Å²) in [6, 6.07) is 0. The van der Waals surface area contributed by atoms with Gasteiger partial charge in [-0.15, -0.1) is 6.58 Å². The SMILES string of the molecule is C=CC[C@H]1C[C@@H]2C[C@H](OC)CC[C@@]2(C)C2=C1C(=O)OC(C)(C)O2. The predicted octanol–water partition coefficient (Wildman–Crippen LogP) is 3.97. The minimum atomic E-state index is -0.891. The van der Waals surface area contributed by atoms with Crippen LogP contribution in [0.1, 0.15) is 52.9 Å². The molecule has 0 bridgehead atoms. The zero-order valence-corrected chi connectivity index (χ0v) is 14.7. The third-order valence-electron chi connectivity index (χ3n) is 5.87. The van der Waals surface area contributed by atoms with E-state index in [0.29, 0.717) is 12.0 Å². The van der Waals surface area contributed by atoms with Gasteiger partial charge in [-0.3, -0.25) is 0 Å². The quantitative estimate of drug-likeness (QED) is 0.583. The minimum absolute atomic E-state index is 0.0985. The van der Waals surface area contributed by atoms with Crippen molar-refractivity contribution in [1.29, 1.82) is 0 Å². The highest BCUT2D eigenvalue weighted by Crippen LogP contribution is 2.57. The Kier molecular flexibility index (Phi) is 4.07. The van der Waals surface area contributed by atoms with Crippen molar-refractivity contribution in [2.75, 3.05) is 7.11 Å². The highest BCUT2D eigenvalue weighted by molar-refractivity contribution is 5.91. The maximum atomic E-state index is 12.6. The molecule has 4 atom stereocenters. The lowest BCUT2D eigenvalue weighted by atomic mass is 9.57. The molecule has 0 saturated heterocycles. The smallest absolute Gasteiger partial charge is 0.341 e. The molecule has 3 aliphatic rings. The number of hydrogen-bond acceptors (Lipinski definition) is 4. The van der Waals surface area contributed by atoms with Crippen molar-refractivity contribution >= 4 is 5.97 Å². The molecule has 3 rings (SSSR count). The molecule has 2 aliphatic carbocycles. The van der Waals surface area contributed by atoms with Crippen molar-refractivity contribution in [3.05, 3.63) is 24.0 Å². The molecule has 128 valence electrons. The van der Waals surface area contributed by atoms with E-state index >= 15 is 0 Å². The molecule has 1 aliphatic heterocycles. The van der Waals surface area contributed by atoms with Gasteiger partial charge in [0.2, 0.25) is 5.79 Å². The fraction of sp³-hybridized carbons (Fsp3) is 0.737. The summed E-state index contributed by atoms with van der Waals surface area (Å²) in [5.41, 5.74) is 0.650. The van der Waals surface area contributed by atoms with Crippen LogP contribution < -0.4 is 0 Å². The second kappa shape index (κ2) is 5.66. The maximum Gasteiger partial charge on any atom is 0.341 e. The van der Waals surface area contributed by atoms with Gasteiger partial charge in [0.15, 0.2) is 0 Å². The Hall–Kier alpha value is -1.29. The molecule has 0 spiro atoms. The van der Waals surface area contributed by atoms with E-state index in [-0.39, 0.29) is 17.3 Å². The van der Waals surface area contributed by atoms with Crippen molar-refractivity contribution in [3.8, 4) is 0 Å². The number of methoxy groups -OCH3 is 1. The Morgan fingerprint density at radius 3 is 2.70 bits per heavy atom. The molecular weight excluding hydrogens is 292 g/mol. The Balaban J connectivity index is 2.05. The topological polar surface area (TPSA) is 44.8 Å². The van der Waals surface area contributed by atoms with Crippen LogP contribution in [0.15, 0.2) is 24.0 Å². The number of carbonyl (C=O) groups is 1. The van der Waals surface area contributed by atoms with Gasteiger partial charge in [0, 0.05) is 26.4 Å². The molecule has 0 aromatic carbocycles. The standard InChI is InChI=1S/C19H28O4/c1-6-7-12-10-13-11-14(21-5)8-9-19(13,4)16-15(12)17(20)23-18(2,3)22-16/h6,12-14H,1,7-11H2,2-5H3/t12-,13+,14+,19+/m0/s1. The first kappa shape index (κ1) is 16.6. The summed E-state index contributed by atoms with van der Waals surface area (Å²) in [5, 5.41) is 0. The summed E-state index contributed by atoms with van der Waals surface area (Å²) in [7, 11) is 1.79. The molecule has 4 heteroatoms. The highest BCUT2D eigenvalue weighted by atomic mass is 16.7. The van der Waals surface area contributed by atoms with Crippen molar-refractivity contribution < 1.29 is 19.0 Å². The van der Waals surface area contributed by atoms with Crippen molar-refractivity contribution in [3.63, 3.8) is 0 Å². The minimum Gasteiger partial charge on any atom is -0.456 e. The van der Waals surface area contributed by atoms with Crippen LogP contribution in [-0.2, 0) is 19.0 Å². The maximum absolute atomic E-state index is 12.6. The van der Waals surface area contributed by atoms with Crippen molar-refractivity contribution in [2.24, 2.45) is 17.3 Å². The van der Waals surface area contributed by atoms with Crippen LogP contribution >= 0.6 is 0 Å². The van der Waals surface area contributed by atoms with E-state index in [1.54, 1.807) is 7.11 Å². The van der Waals surface area contributed by atoms with Crippen LogP contribution in [0.3, 0.4) is 0 Å². The zero-order valence-electron chi connectivity index (χ0n) is 14.7. The van der Waals surface area contributed by atoms with E-state index in [4.69, 9.17) is 14.2 Å². The van der Waals surface area contributed by atoms with Crippen LogP contribution in [0.5, 0.6) is 0 Å². The fourth-order valence-corrected chi connectivity index (χ4v) is 4.57.